The molecule has 0 aliphatic carbocycles. The summed E-state index contributed by atoms with van der Waals surface area (Å²) in [4.78, 5) is 16.4. The van der Waals surface area contributed by atoms with Gasteiger partial charge in [0.2, 0.25) is 11.9 Å². The number of hydrogen-bond acceptors (Lipinski definition) is 4. The predicted octanol–water partition coefficient (Wildman–Crippen LogP) is 12.0. The molecule has 11 rings (SSSR count). The first kappa shape index (κ1) is 34.1. The quantitative estimate of drug-likeness (QED) is 0.152. The molecule has 0 aliphatic heterocycles. The largest absolute Gasteiger partial charge is 0.278 e. The van der Waals surface area contributed by atoms with Crippen LogP contribution in [0.1, 0.15) is 27.8 Å². The highest BCUT2D eigenvalue weighted by Crippen LogP contribution is 2.48. The molecule has 0 bridgehead atoms. The molecular weight excluding hydrogens is 721 g/mol. The third-order valence-corrected chi connectivity index (χ3v) is 11.6. The maximum atomic E-state index is 9.92. The summed E-state index contributed by atoms with van der Waals surface area (Å²) in [6.45, 7) is 0. The molecule has 0 saturated heterocycles. The molecule has 0 atom stereocenters. The standard InChI is InChI=1S/C53H34N6/c54-35-36-32-33-49-44(34-36)42-26-13-17-31-48(42)59(49)52-56-50(55-51(57-52)58-46-29-15-11-24-40(46)41-25-12-16-30-47(41)58)43-27-10-14-28-45(43)53(37-18-4-1-5-19-37,38-20-6-2-7-21-38)39-22-8-3-9-23-39/h1-34H. The van der Waals surface area contributed by atoms with Gasteiger partial charge in [-0.05, 0) is 58.7 Å². The van der Waals surface area contributed by atoms with Crippen molar-refractivity contribution in [2.75, 3.05) is 0 Å². The Kier molecular flexibility index (Phi) is 7.99. The van der Waals surface area contributed by atoms with Crippen LogP contribution in [0, 0.1) is 11.3 Å². The lowest BCUT2D eigenvalue weighted by Gasteiger charge is -2.38. The topological polar surface area (TPSA) is 72.3 Å². The van der Waals surface area contributed by atoms with Crippen LogP contribution in [0.25, 0.3) is 66.9 Å². The van der Waals surface area contributed by atoms with Gasteiger partial charge >= 0.3 is 0 Å². The van der Waals surface area contributed by atoms with Crippen molar-refractivity contribution in [1.29, 1.82) is 5.26 Å². The third kappa shape index (κ3) is 5.30. The zero-order valence-electron chi connectivity index (χ0n) is 31.8. The Hall–Kier alpha value is -8.14. The smallest absolute Gasteiger partial charge is 0.240 e. The first-order valence-corrected chi connectivity index (χ1v) is 19.7. The van der Waals surface area contributed by atoms with Gasteiger partial charge in [0.15, 0.2) is 5.82 Å². The van der Waals surface area contributed by atoms with E-state index in [0.29, 0.717) is 23.3 Å². The van der Waals surface area contributed by atoms with Gasteiger partial charge in [-0.2, -0.15) is 20.2 Å². The fraction of sp³-hybridized carbons (Fsp3) is 0.0189. The minimum absolute atomic E-state index is 0.474. The van der Waals surface area contributed by atoms with Crippen LogP contribution >= 0.6 is 0 Å². The first-order chi connectivity index (χ1) is 29.2. The molecule has 0 radical (unpaired) electrons. The molecule has 59 heavy (non-hydrogen) atoms. The van der Waals surface area contributed by atoms with Gasteiger partial charge in [-0.1, -0.05) is 170 Å². The monoisotopic (exact) mass is 754 g/mol. The summed E-state index contributed by atoms with van der Waals surface area (Å²) in [5.74, 6) is 1.51. The van der Waals surface area contributed by atoms with E-state index < -0.39 is 5.41 Å². The fourth-order valence-electron chi connectivity index (χ4n) is 9.11. The van der Waals surface area contributed by atoms with Crippen LogP contribution in [-0.2, 0) is 5.41 Å². The molecule has 0 aliphatic rings. The van der Waals surface area contributed by atoms with E-state index in [-0.39, 0.29) is 0 Å². The SMILES string of the molecule is N#Cc1ccc2c(c1)c1ccccc1n2-c1nc(-c2ccccc2C(c2ccccc2)(c2ccccc2)c2ccccc2)nc(-n2c3ccccc3c3ccccc32)n1. The minimum Gasteiger partial charge on any atom is -0.278 e. The van der Waals surface area contributed by atoms with Crippen LogP contribution in [0.3, 0.4) is 0 Å². The van der Waals surface area contributed by atoms with Gasteiger partial charge in [0.1, 0.15) is 0 Å². The van der Waals surface area contributed by atoms with Crippen molar-refractivity contribution in [3.05, 3.63) is 234 Å². The maximum absolute atomic E-state index is 9.92. The van der Waals surface area contributed by atoms with E-state index >= 15 is 0 Å². The van der Waals surface area contributed by atoms with Crippen molar-refractivity contribution in [3.8, 4) is 29.4 Å². The predicted molar refractivity (Wildman–Crippen MR) is 237 cm³/mol. The number of aromatic nitrogens is 5. The van der Waals surface area contributed by atoms with Crippen molar-refractivity contribution in [3.63, 3.8) is 0 Å². The molecule has 11 aromatic rings. The minimum atomic E-state index is -0.749. The van der Waals surface area contributed by atoms with Gasteiger partial charge in [-0.3, -0.25) is 9.13 Å². The van der Waals surface area contributed by atoms with Crippen LogP contribution in [-0.4, -0.2) is 24.1 Å². The van der Waals surface area contributed by atoms with Gasteiger partial charge in [-0.15, -0.1) is 0 Å². The highest BCUT2D eigenvalue weighted by Gasteiger charge is 2.40. The van der Waals surface area contributed by atoms with Crippen molar-refractivity contribution in [2.45, 2.75) is 5.41 Å². The van der Waals surface area contributed by atoms with Crippen LogP contribution in [0.4, 0.5) is 0 Å². The van der Waals surface area contributed by atoms with Crippen molar-refractivity contribution in [1.82, 2.24) is 24.1 Å². The summed E-state index contributed by atoms with van der Waals surface area (Å²) in [5, 5.41) is 14.1. The van der Waals surface area contributed by atoms with Gasteiger partial charge in [-0.25, -0.2) is 0 Å². The molecule has 0 N–H and O–H groups in total. The lowest BCUT2D eigenvalue weighted by molar-refractivity contribution is 0.745. The number of hydrogen-bond donors (Lipinski definition) is 0. The van der Waals surface area contributed by atoms with E-state index in [2.05, 4.69) is 191 Å². The number of nitrogens with zero attached hydrogens (tertiary/aromatic N) is 6. The number of rotatable bonds is 7. The number of nitriles is 1. The second-order valence-electron chi connectivity index (χ2n) is 14.7. The third-order valence-electron chi connectivity index (χ3n) is 11.6. The van der Waals surface area contributed by atoms with Crippen LogP contribution in [0.5, 0.6) is 0 Å². The molecule has 0 fully saturated rings. The van der Waals surface area contributed by atoms with Crippen LogP contribution in [0.15, 0.2) is 206 Å². The lowest BCUT2D eigenvalue weighted by atomic mass is 9.64. The summed E-state index contributed by atoms with van der Waals surface area (Å²) in [6.07, 6.45) is 0. The van der Waals surface area contributed by atoms with E-state index in [4.69, 9.17) is 15.0 Å². The maximum Gasteiger partial charge on any atom is 0.240 e. The first-order valence-electron chi connectivity index (χ1n) is 19.7. The second kappa shape index (κ2) is 13.8. The van der Waals surface area contributed by atoms with Crippen molar-refractivity contribution >= 4 is 43.6 Å². The summed E-state index contributed by atoms with van der Waals surface area (Å²) in [5.41, 5.74) is 8.96. The van der Waals surface area contributed by atoms with Gasteiger partial charge in [0.05, 0.1) is 39.1 Å². The van der Waals surface area contributed by atoms with Crippen molar-refractivity contribution < 1.29 is 0 Å². The molecule has 0 saturated carbocycles. The Morgan fingerprint density at radius 3 is 1.29 bits per heavy atom. The van der Waals surface area contributed by atoms with E-state index in [1.807, 2.05) is 30.3 Å². The number of fused-ring (bicyclic) bond motifs is 6. The molecule has 6 nitrogen and oxygen atoms in total. The zero-order chi connectivity index (χ0) is 39.3. The fourth-order valence-corrected chi connectivity index (χ4v) is 9.11. The molecule has 3 heterocycles. The molecule has 0 spiro atoms. The van der Waals surface area contributed by atoms with Gasteiger partial charge in [0.25, 0.3) is 0 Å². The van der Waals surface area contributed by atoms with Crippen molar-refractivity contribution in [2.24, 2.45) is 0 Å². The highest BCUT2D eigenvalue weighted by atomic mass is 15.3. The molecule has 3 aromatic heterocycles. The van der Waals surface area contributed by atoms with E-state index in [9.17, 15) is 5.26 Å². The Labute approximate surface area is 340 Å². The Morgan fingerprint density at radius 2 is 0.797 bits per heavy atom. The average Bonchev–Trinajstić information content (AvgIpc) is 3.83. The molecular formula is C53H34N6. The average molecular weight is 755 g/mol. The highest BCUT2D eigenvalue weighted by molar-refractivity contribution is 6.10. The van der Waals surface area contributed by atoms with Gasteiger partial charge in [0, 0.05) is 27.1 Å². The molecule has 0 unspecified atom stereocenters. The summed E-state index contributed by atoms with van der Waals surface area (Å²) >= 11 is 0. The summed E-state index contributed by atoms with van der Waals surface area (Å²) in [7, 11) is 0. The van der Waals surface area contributed by atoms with Crippen LogP contribution < -0.4 is 0 Å². The molecule has 0 amide bonds. The Bertz CT molecular complexity index is 3250. The molecule has 276 valence electrons. The van der Waals surface area contributed by atoms with E-state index in [0.717, 1.165) is 71.4 Å². The lowest BCUT2D eigenvalue weighted by Crippen LogP contribution is -2.31. The van der Waals surface area contributed by atoms with Crippen LogP contribution in [0.2, 0.25) is 0 Å². The number of benzene rings is 8. The Morgan fingerprint density at radius 1 is 0.390 bits per heavy atom. The van der Waals surface area contributed by atoms with Gasteiger partial charge < -0.3 is 0 Å². The summed E-state index contributed by atoms with van der Waals surface area (Å²) < 4.78 is 4.26. The Balaban J connectivity index is 1.28. The zero-order valence-corrected chi connectivity index (χ0v) is 31.8. The second-order valence-corrected chi connectivity index (χ2v) is 14.7. The summed E-state index contributed by atoms with van der Waals surface area (Å²) in [6, 6.07) is 73.9. The van der Waals surface area contributed by atoms with E-state index in [1.165, 1.54) is 0 Å². The molecule has 6 heteroatoms. The number of para-hydroxylation sites is 3. The normalized spacial score (nSPS) is 11.7. The van der Waals surface area contributed by atoms with E-state index in [1.54, 1.807) is 0 Å². The molecule has 8 aromatic carbocycles.